The van der Waals surface area contributed by atoms with Gasteiger partial charge in [0.1, 0.15) is 5.69 Å². The average molecular weight is 333 g/mol. The maximum Gasteiger partial charge on any atom is 0.280 e. The lowest BCUT2D eigenvalue weighted by atomic mass is 10.0. The number of nitrogens with zero attached hydrogens (tertiary/aromatic N) is 2. The highest BCUT2D eigenvalue weighted by molar-refractivity contribution is 6.05. The highest BCUT2D eigenvalue weighted by Gasteiger charge is 2.24. The Morgan fingerprint density at radius 3 is 2.83 bits per heavy atom. The fourth-order valence-electron chi connectivity index (χ4n) is 2.92. The molecular formula is C18H21F2N3O. The van der Waals surface area contributed by atoms with E-state index in [0.29, 0.717) is 5.69 Å². The number of carbonyl (C=O) groups is 1. The lowest BCUT2D eigenvalue weighted by Gasteiger charge is -2.11. The zero-order valence-corrected chi connectivity index (χ0v) is 13.6. The summed E-state index contributed by atoms with van der Waals surface area (Å²) in [6, 6.07) is 7.54. The van der Waals surface area contributed by atoms with Gasteiger partial charge in [0.15, 0.2) is 0 Å². The zero-order valence-electron chi connectivity index (χ0n) is 13.6. The minimum absolute atomic E-state index is 0.0831. The van der Waals surface area contributed by atoms with Crippen molar-refractivity contribution < 1.29 is 13.6 Å². The normalized spacial score (nSPS) is 14.2. The van der Waals surface area contributed by atoms with E-state index in [1.807, 2.05) is 24.3 Å². The molecule has 1 aliphatic rings. The van der Waals surface area contributed by atoms with Crippen molar-refractivity contribution >= 4 is 11.6 Å². The number of benzene rings is 1. The fourth-order valence-corrected chi connectivity index (χ4v) is 2.92. The summed E-state index contributed by atoms with van der Waals surface area (Å²) in [7, 11) is 1.41. The highest BCUT2D eigenvalue weighted by Crippen LogP contribution is 2.34. The van der Waals surface area contributed by atoms with E-state index in [9.17, 15) is 13.6 Å². The summed E-state index contributed by atoms with van der Waals surface area (Å²) < 4.78 is 27.3. The molecule has 1 amide bonds. The minimum Gasteiger partial charge on any atom is -0.322 e. The van der Waals surface area contributed by atoms with Crippen LogP contribution >= 0.6 is 0 Å². The largest absolute Gasteiger partial charge is 0.322 e. The zero-order chi connectivity index (χ0) is 17.1. The van der Waals surface area contributed by atoms with Gasteiger partial charge < -0.3 is 5.32 Å². The SMILES string of the molecule is Cn1ncc(C(=O)Nc2ccccc2CCCC2CC2)c1C(F)F. The molecule has 0 saturated heterocycles. The molecule has 0 radical (unpaired) electrons. The van der Waals surface area contributed by atoms with Crippen LogP contribution in [0.4, 0.5) is 14.5 Å². The lowest BCUT2D eigenvalue weighted by molar-refractivity contribution is 0.100. The molecule has 128 valence electrons. The van der Waals surface area contributed by atoms with Gasteiger partial charge >= 0.3 is 0 Å². The first-order chi connectivity index (χ1) is 11.6. The molecule has 0 spiro atoms. The number of para-hydroxylation sites is 1. The van der Waals surface area contributed by atoms with E-state index < -0.39 is 12.3 Å². The predicted molar refractivity (Wildman–Crippen MR) is 88.2 cm³/mol. The lowest BCUT2D eigenvalue weighted by Crippen LogP contribution is -2.15. The van der Waals surface area contributed by atoms with Gasteiger partial charge in [-0.3, -0.25) is 9.48 Å². The van der Waals surface area contributed by atoms with Gasteiger partial charge in [-0.05, 0) is 30.4 Å². The minimum atomic E-state index is -2.74. The second-order valence-corrected chi connectivity index (χ2v) is 6.31. The van der Waals surface area contributed by atoms with Crippen LogP contribution in [0.1, 0.15) is 53.7 Å². The number of hydrogen-bond acceptors (Lipinski definition) is 2. The summed E-state index contributed by atoms with van der Waals surface area (Å²) in [6.07, 6.45) is 4.26. The van der Waals surface area contributed by atoms with Crippen molar-refractivity contribution in [1.82, 2.24) is 9.78 Å². The third kappa shape index (κ3) is 3.80. The summed E-state index contributed by atoms with van der Waals surface area (Å²) in [5, 5.41) is 6.54. The number of halogens is 2. The van der Waals surface area contributed by atoms with E-state index in [-0.39, 0.29) is 11.3 Å². The number of aromatic nitrogens is 2. The van der Waals surface area contributed by atoms with Crippen molar-refractivity contribution in [3.8, 4) is 0 Å². The van der Waals surface area contributed by atoms with Crippen LogP contribution in [0.5, 0.6) is 0 Å². The number of hydrogen-bond donors (Lipinski definition) is 1. The molecule has 0 atom stereocenters. The van der Waals surface area contributed by atoms with E-state index in [0.717, 1.165) is 29.0 Å². The molecule has 4 nitrogen and oxygen atoms in total. The van der Waals surface area contributed by atoms with Crippen LogP contribution in [0.3, 0.4) is 0 Å². The number of amides is 1. The predicted octanol–water partition coefficient (Wildman–Crippen LogP) is 4.34. The Labute approximate surface area is 139 Å². The maximum absolute atomic E-state index is 13.1. The fraction of sp³-hybridized carbons (Fsp3) is 0.444. The summed E-state index contributed by atoms with van der Waals surface area (Å²) in [5.74, 6) is 0.323. The Bertz CT molecular complexity index is 723. The van der Waals surface area contributed by atoms with Gasteiger partial charge in [-0.1, -0.05) is 37.5 Å². The van der Waals surface area contributed by atoms with Crippen molar-refractivity contribution in [1.29, 1.82) is 0 Å². The molecule has 0 bridgehead atoms. The highest BCUT2D eigenvalue weighted by atomic mass is 19.3. The summed E-state index contributed by atoms with van der Waals surface area (Å²) >= 11 is 0. The van der Waals surface area contributed by atoms with Crippen LogP contribution in [0.25, 0.3) is 0 Å². The van der Waals surface area contributed by atoms with Crippen molar-refractivity contribution in [3.05, 3.63) is 47.3 Å². The van der Waals surface area contributed by atoms with Gasteiger partial charge in [0.25, 0.3) is 12.3 Å². The van der Waals surface area contributed by atoms with Gasteiger partial charge in [0, 0.05) is 12.7 Å². The van der Waals surface area contributed by atoms with Gasteiger partial charge in [-0.15, -0.1) is 0 Å². The number of rotatable bonds is 7. The summed E-state index contributed by atoms with van der Waals surface area (Å²) in [6.45, 7) is 0. The molecule has 6 heteroatoms. The van der Waals surface area contributed by atoms with Crippen LogP contribution in [-0.2, 0) is 13.5 Å². The van der Waals surface area contributed by atoms with E-state index in [2.05, 4.69) is 10.4 Å². The number of nitrogens with one attached hydrogen (secondary N) is 1. The van der Waals surface area contributed by atoms with Crippen LogP contribution in [-0.4, -0.2) is 15.7 Å². The van der Waals surface area contributed by atoms with Crippen LogP contribution in [0.2, 0.25) is 0 Å². The van der Waals surface area contributed by atoms with E-state index in [1.54, 1.807) is 0 Å². The molecule has 2 aromatic rings. The third-order valence-corrected chi connectivity index (χ3v) is 4.46. The topological polar surface area (TPSA) is 46.9 Å². The van der Waals surface area contributed by atoms with Crippen LogP contribution in [0.15, 0.2) is 30.5 Å². The molecular weight excluding hydrogens is 312 g/mol. The molecule has 1 aromatic heterocycles. The van der Waals surface area contributed by atoms with Crippen LogP contribution < -0.4 is 5.32 Å². The molecule has 24 heavy (non-hydrogen) atoms. The second-order valence-electron chi connectivity index (χ2n) is 6.31. The van der Waals surface area contributed by atoms with Crippen LogP contribution in [0, 0.1) is 5.92 Å². The molecule has 1 aliphatic carbocycles. The molecule has 1 heterocycles. The Morgan fingerprint density at radius 1 is 1.38 bits per heavy atom. The quantitative estimate of drug-likeness (QED) is 0.819. The van der Waals surface area contributed by atoms with Gasteiger partial charge in [0.05, 0.1) is 11.8 Å². The molecule has 1 N–H and O–H groups in total. The monoisotopic (exact) mass is 333 g/mol. The molecule has 0 aliphatic heterocycles. The molecule has 3 rings (SSSR count). The van der Waals surface area contributed by atoms with E-state index in [1.165, 1.54) is 32.5 Å². The first-order valence-electron chi connectivity index (χ1n) is 8.25. The Kier molecular flexibility index (Phi) is 4.92. The maximum atomic E-state index is 13.1. The standard InChI is InChI=1S/C18H21F2N3O/c1-23-16(17(19)20)14(11-21-23)18(24)22-15-8-3-2-6-13(15)7-4-5-12-9-10-12/h2-3,6,8,11-12,17H,4-5,7,9-10H2,1H3,(H,22,24). The van der Waals surface area contributed by atoms with E-state index in [4.69, 9.17) is 0 Å². The number of alkyl halides is 2. The molecule has 0 unspecified atom stereocenters. The van der Waals surface area contributed by atoms with Crippen molar-refractivity contribution in [2.75, 3.05) is 5.32 Å². The Hall–Kier alpha value is -2.24. The van der Waals surface area contributed by atoms with Gasteiger partial charge in [-0.25, -0.2) is 8.78 Å². The van der Waals surface area contributed by atoms with Gasteiger partial charge in [-0.2, -0.15) is 5.10 Å². The first-order valence-corrected chi connectivity index (χ1v) is 8.25. The molecule has 1 saturated carbocycles. The third-order valence-electron chi connectivity index (χ3n) is 4.46. The van der Waals surface area contributed by atoms with Crippen molar-refractivity contribution in [2.45, 2.75) is 38.5 Å². The number of carbonyl (C=O) groups excluding carboxylic acids is 1. The smallest absolute Gasteiger partial charge is 0.280 e. The van der Waals surface area contributed by atoms with E-state index >= 15 is 0 Å². The number of anilines is 1. The van der Waals surface area contributed by atoms with Crippen molar-refractivity contribution in [2.24, 2.45) is 13.0 Å². The molecule has 1 fully saturated rings. The first kappa shape index (κ1) is 16.6. The van der Waals surface area contributed by atoms with Crippen molar-refractivity contribution in [3.63, 3.8) is 0 Å². The summed E-state index contributed by atoms with van der Waals surface area (Å²) in [4.78, 5) is 12.4. The summed E-state index contributed by atoms with van der Waals surface area (Å²) in [5.41, 5.74) is 1.27. The van der Waals surface area contributed by atoms with Gasteiger partial charge in [0.2, 0.25) is 0 Å². The Morgan fingerprint density at radius 2 is 2.12 bits per heavy atom. The number of aryl methyl sites for hydroxylation is 2. The molecule has 1 aromatic carbocycles. The average Bonchev–Trinajstić information content (AvgIpc) is 3.28. The Balaban J connectivity index is 1.72. The second kappa shape index (κ2) is 7.11.